The van der Waals surface area contributed by atoms with Crippen LogP contribution in [0.2, 0.25) is 0 Å². The summed E-state index contributed by atoms with van der Waals surface area (Å²) >= 11 is 0. The highest BCUT2D eigenvalue weighted by Gasteiger charge is 2.15. The van der Waals surface area contributed by atoms with Crippen molar-refractivity contribution in [2.45, 2.75) is 33.7 Å². The third-order valence-electron chi connectivity index (χ3n) is 5.24. The van der Waals surface area contributed by atoms with E-state index in [9.17, 15) is 9.59 Å². The Kier molecular flexibility index (Phi) is 8.59. The van der Waals surface area contributed by atoms with Gasteiger partial charge in [0, 0.05) is 18.3 Å². The van der Waals surface area contributed by atoms with Crippen molar-refractivity contribution >= 4 is 23.6 Å². The van der Waals surface area contributed by atoms with Gasteiger partial charge in [-0.05, 0) is 47.7 Å². The third-order valence-corrected chi connectivity index (χ3v) is 5.24. The van der Waals surface area contributed by atoms with Gasteiger partial charge < -0.3 is 10.2 Å². The van der Waals surface area contributed by atoms with Gasteiger partial charge in [-0.3, -0.25) is 9.59 Å². The smallest absolute Gasteiger partial charge is 0.251 e. The molecule has 3 aromatic rings. The molecule has 33 heavy (non-hydrogen) atoms. The molecule has 0 fully saturated rings. The molecule has 0 unspecified atom stereocenters. The first-order valence-electron chi connectivity index (χ1n) is 11.4. The Morgan fingerprint density at radius 3 is 2.33 bits per heavy atom. The van der Waals surface area contributed by atoms with E-state index in [1.807, 2.05) is 91.9 Å². The summed E-state index contributed by atoms with van der Waals surface area (Å²) in [6.45, 7) is 7.28. The fourth-order valence-corrected chi connectivity index (χ4v) is 3.39. The van der Waals surface area contributed by atoms with Crippen LogP contribution < -0.4 is 10.2 Å². The molecule has 0 bridgehead atoms. The number of carbonyl (C=O) groups excluding carboxylic acids is 2. The summed E-state index contributed by atoms with van der Waals surface area (Å²) in [6, 6.07) is 25.6. The van der Waals surface area contributed by atoms with Gasteiger partial charge in [-0.15, -0.1) is 0 Å². The molecule has 3 aromatic carbocycles. The van der Waals surface area contributed by atoms with Crippen molar-refractivity contribution in [2.24, 2.45) is 5.92 Å². The van der Waals surface area contributed by atoms with Gasteiger partial charge in [0.2, 0.25) is 5.91 Å². The number of rotatable bonds is 9. The van der Waals surface area contributed by atoms with E-state index < -0.39 is 0 Å². The number of anilines is 1. The maximum Gasteiger partial charge on any atom is 0.251 e. The Hall–Kier alpha value is -3.66. The molecule has 0 atom stereocenters. The van der Waals surface area contributed by atoms with Crippen LogP contribution in [0.5, 0.6) is 0 Å². The highest BCUT2D eigenvalue weighted by Crippen LogP contribution is 2.21. The second kappa shape index (κ2) is 11.8. The molecule has 170 valence electrons. The van der Waals surface area contributed by atoms with Crippen molar-refractivity contribution in [2.75, 3.05) is 11.4 Å². The highest BCUT2D eigenvalue weighted by molar-refractivity contribution is 6.03. The van der Waals surface area contributed by atoms with Crippen LogP contribution in [0.1, 0.15) is 36.1 Å². The molecule has 0 spiro atoms. The van der Waals surface area contributed by atoms with E-state index in [1.165, 1.54) is 5.56 Å². The van der Waals surface area contributed by atoms with Crippen LogP contribution in [0.4, 0.5) is 5.69 Å². The largest absolute Gasteiger partial charge is 0.356 e. The number of nitrogens with zero attached hydrogens (tertiary/aromatic N) is 1. The van der Waals surface area contributed by atoms with Crippen LogP contribution in [0.15, 0.2) is 84.9 Å². The molecule has 0 saturated heterocycles. The highest BCUT2D eigenvalue weighted by atomic mass is 16.2. The van der Waals surface area contributed by atoms with E-state index in [4.69, 9.17) is 0 Å². The fourth-order valence-electron chi connectivity index (χ4n) is 3.39. The second-order valence-corrected chi connectivity index (χ2v) is 8.70. The minimum atomic E-state index is -0.110. The number of aryl methyl sites for hydroxylation is 1. The SMILES string of the molecule is Cc1ccc(CN(C(=O)/C=C/c2ccccc2)c2cccc(CC(=O)NCC(C)C)c2)cc1. The molecule has 0 aromatic heterocycles. The maximum atomic E-state index is 13.3. The molecule has 2 amide bonds. The van der Waals surface area contributed by atoms with Crippen LogP contribution in [0, 0.1) is 12.8 Å². The van der Waals surface area contributed by atoms with Gasteiger partial charge >= 0.3 is 0 Å². The molecule has 0 saturated carbocycles. The van der Waals surface area contributed by atoms with Gasteiger partial charge in [-0.25, -0.2) is 0 Å². The number of nitrogens with one attached hydrogen (secondary N) is 1. The summed E-state index contributed by atoms with van der Waals surface area (Å²) in [4.78, 5) is 27.3. The average molecular weight is 441 g/mol. The zero-order valence-electron chi connectivity index (χ0n) is 19.6. The van der Waals surface area contributed by atoms with E-state index in [0.717, 1.165) is 22.4 Å². The summed E-state index contributed by atoms with van der Waals surface area (Å²) in [6.07, 6.45) is 3.71. The molecule has 0 heterocycles. The van der Waals surface area contributed by atoms with E-state index in [-0.39, 0.29) is 18.2 Å². The van der Waals surface area contributed by atoms with Gasteiger partial charge in [0.05, 0.1) is 13.0 Å². The van der Waals surface area contributed by atoms with Crippen molar-refractivity contribution in [3.8, 4) is 0 Å². The summed E-state index contributed by atoms with van der Waals surface area (Å²) < 4.78 is 0. The molecule has 4 nitrogen and oxygen atoms in total. The van der Waals surface area contributed by atoms with Crippen LogP contribution in [0.3, 0.4) is 0 Å². The average Bonchev–Trinajstić information content (AvgIpc) is 2.81. The predicted octanol–water partition coefficient (Wildman–Crippen LogP) is 5.56. The number of hydrogen-bond donors (Lipinski definition) is 1. The van der Waals surface area contributed by atoms with Crippen molar-refractivity contribution in [1.29, 1.82) is 0 Å². The summed E-state index contributed by atoms with van der Waals surface area (Å²) in [5.74, 6) is 0.279. The van der Waals surface area contributed by atoms with E-state index in [1.54, 1.807) is 11.0 Å². The van der Waals surface area contributed by atoms with E-state index >= 15 is 0 Å². The first kappa shape index (κ1) is 24.0. The van der Waals surface area contributed by atoms with Crippen LogP contribution in [-0.2, 0) is 22.6 Å². The molecule has 0 aliphatic carbocycles. The van der Waals surface area contributed by atoms with Gasteiger partial charge in [-0.1, -0.05) is 86.1 Å². The van der Waals surface area contributed by atoms with Crippen molar-refractivity contribution in [3.05, 3.63) is 107 Å². The van der Waals surface area contributed by atoms with E-state index in [2.05, 4.69) is 19.2 Å². The Morgan fingerprint density at radius 1 is 0.909 bits per heavy atom. The summed E-state index contributed by atoms with van der Waals surface area (Å²) in [7, 11) is 0. The fraction of sp³-hybridized carbons (Fsp3) is 0.241. The monoisotopic (exact) mass is 440 g/mol. The van der Waals surface area contributed by atoms with Crippen LogP contribution in [-0.4, -0.2) is 18.4 Å². The van der Waals surface area contributed by atoms with Crippen molar-refractivity contribution in [3.63, 3.8) is 0 Å². The lowest BCUT2D eigenvalue weighted by Gasteiger charge is -2.22. The van der Waals surface area contributed by atoms with Crippen molar-refractivity contribution in [1.82, 2.24) is 5.32 Å². The molecular weight excluding hydrogens is 408 g/mol. The van der Waals surface area contributed by atoms with Crippen LogP contribution >= 0.6 is 0 Å². The van der Waals surface area contributed by atoms with Gasteiger partial charge in [0.1, 0.15) is 0 Å². The normalized spacial score (nSPS) is 11.0. The number of hydrogen-bond acceptors (Lipinski definition) is 2. The lowest BCUT2D eigenvalue weighted by Crippen LogP contribution is -2.30. The maximum absolute atomic E-state index is 13.3. The number of benzene rings is 3. The molecule has 3 rings (SSSR count). The number of amides is 2. The Balaban J connectivity index is 1.83. The summed E-state index contributed by atoms with van der Waals surface area (Å²) in [5.41, 5.74) is 4.84. The Labute approximate surface area is 197 Å². The first-order chi connectivity index (χ1) is 15.9. The second-order valence-electron chi connectivity index (χ2n) is 8.70. The Morgan fingerprint density at radius 2 is 1.64 bits per heavy atom. The van der Waals surface area contributed by atoms with E-state index in [0.29, 0.717) is 19.0 Å². The van der Waals surface area contributed by atoms with Gasteiger partial charge in [0.15, 0.2) is 0 Å². The van der Waals surface area contributed by atoms with Crippen LogP contribution in [0.25, 0.3) is 6.08 Å². The minimum absolute atomic E-state index is 0.0127. The zero-order chi connectivity index (χ0) is 23.6. The topological polar surface area (TPSA) is 49.4 Å². The van der Waals surface area contributed by atoms with Gasteiger partial charge in [-0.2, -0.15) is 0 Å². The predicted molar refractivity (Wildman–Crippen MR) is 136 cm³/mol. The van der Waals surface area contributed by atoms with Crippen molar-refractivity contribution < 1.29 is 9.59 Å². The molecular formula is C29H32N2O2. The third kappa shape index (κ3) is 7.76. The lowest BCUT2D eigenvalue weighted by atomic mass is 10.1. The quantitative estimate of drug-likeness (QED) is 0.443. The minimum Gasteiger partial charge on any atom is -0.356 e. The molecule has 0 radical (unpaired) electrons. The standard InChI is InChI=1S/C29H32N2O2/c1-22(2)20-30-28(32)19-26-10-7-11-27(18-26)31(21-25-14-12-23(3)13-15-25)29(33)17-16-24-8-5-4-6-9-24/h4-18,22H,19-21H2,1-3H3,(H,30,32)/b17-16+. The van der Waals surface area contributed by atoms with Gasteiger partial charge in [0.25, 0.3) is 5.91 Å². The Bertz CT molecular complexity index is 1090. The zero-order valence-corrected chi connectivity index (χ0v) is 19.6. The molecule has 0 aliphatic rings. The summed E-state index contributed by atoms with van der Waals surface area (Å²) in [5, 5.41) is 2.95. The molecule has 0 aliphatic heterocycles. The molecule has 1 N–H and O–H groups in total. The number of carbonyl (C=O) groups is 2. The first-order valence-corrected chi connectivity index (χ1v) is 11.4. The molecule has 4 heteroatoms. The lowest BCUT2D eigenvalue weighted by molar-refractivity contribution is -0.120.